The molecule has 0 heterocycles. The van der Waals surface area contributed by atoms with E-state index in [0.29, 0.717) is 5.56 Å². The third-order valence-corrected chi connectivity index (χ3v) is 2.41. The van der Waals surface area contributed by atoms with Gasteiger partial charge in [0.2, 0.25) is 0 Å². The topological polar surface area (TPSA) is 233 Å². The Balaban J connectivity index is 0. The second kappa shape index (κ2) is 10.3. The largest absolute Gasteiger partial charge is 0.504 e. The van der Waals surface area contributed by atoms with E-state index in [1.165, 1.54) is 18.2 Å². The first-order chi connectivity index (χ1) is 10.1. The molecule has 23 heavy (non-hydrogen) atoms. The Hall–Kier alpha value is -2.44. The summed E-state index contributed by atoms with van der Waals surface area (Å²) in [7, 11) is 0. The van der Waals surface area contributed by atoms with Crippen LogP contribution >= 0.6 is 0 Å². The highest BCUT2D eigenvalue weighted by atomic mass is 16.4. The first-order valence-electron chi connectivity index (χ1n) is 5.83. The molecule has 0 aliphatic carbocycles. The van der Waals surface area contributed by atoms with Gasteiger partial charge in [0.15, 0.2) is 23.7 Å². The molecule has 1 rings (SSSR count). The monoisotopic (exact) mass is 337 g/mol. The highest BCUT2D eigenvalue weighted by Crippen LogP contribution is 2.27. The first kappa shape index (κ1) is 22.8. The number of rotatable bonds is 5. The molecule has 1 aromatic carbocycles. The van der Waals surface area contributed by atoms with Gasteiger partial charge < -0.3 is 47.0 Å². The van der Waals surface area contributed by atoms with E-state index in [0.717, 1.165) is 0 Å². The lowest BCUT2D eigenvalue weighted by Crippen LogP contribution is -2.39. The molecule has 0 saturated carbocycles. The molecule has 0 fully saturated rings. The molecule has 0 amide bonds. The zero-order valence-corrected chi connectivity index (χ0v) is 11.7. The van der Waals surface area contributed by atoms with Crippen LogP contribution in [0.2, 0.25) is 0 Å². The van der Waals surface area contributed by atoms with Gasteiger partial charge in [0.1, 0.15) is 0 Å². The smallest absolute Gasteiger partial charge is 0.335 e. The van der Waals surface area contributed by atoms with Crippen molar-refractivity contribution in [2.45, 2.75) is 18.3 Å². The Labute approximate surface area is 129 Å². The molecule has 1 aromatic rings. The predicted molar refractivity (Wildman–Crippen MR) is 74.7 cm³/mol. The quantitative estimate of drug-likeness (QED) is 0.256. The van der Waals surface area contributed by atoms with Gasteiger partial charge in [-0.15, -0.1) is 0 Å². The van der Waals surface area contributed by atoms with E-state index in [1.54, 1.807) is 0 Å². The van der Waals surface area contributed by atoms with Crippen LogP contribution in [0, 0.1) is 0 Å². The van der Waals surface area contributed by atoms with Gasteiger partial charge in [-0.1, -0.05) is 6.07 Å². The summed E-state index contributed by atoms with van der Waals surface area (Å²) in [6.07, 6.45) is -5.33. The normalized spacial score (nSPS) is 13.6. The summed E-state index contributed by atoms with van der Waals surface area (Å²) < 4.78 is 0. The summed E-state index contributed by atoms with van der Waals surface area (Å²) in [5.41, 5.74) is 5.69. The lowest BCUT2D eigenvalue weighted by atomic mass is 10.1. The van der Waals surface area contributed by atoms with Crippen LogP contribution in [-0.2, 0) is 9.59 Å². The number of carboxylic acids is 2. The molecule has 0 bridgehead atoms. The summed E-state index contributed by atoms with van der Waals surface area (Å²) in [4.78, 5) is 19.5. The summed E-state index contributed by atoms with van der Waals surface area (Å²) in [6, 6.07) is 4.10. The Morgan fingerprint density at radius 3 is 1.70 bits per heavy atom. The molecule has 0 spiro atoms. The average Bonchev–Trinajstić information content (AvgIpc) is 2.48. The van der Waals surface area contributed by atoms with Gasteiger partial charge in [-0.3, -0.25) is 0 Å². The molecule has 132 valence electrons. The third-order valence-electron chi connectivity index (χ3n) is 2.41. The predicted octanol–water partition coefficient (Wildman–Crippen LogP) is -2.86. The summed E-state index contributed by atoms with van der Waals surface area (Å²) in [5.74, 6) is -3.99. The van der Waals surface area contributed by atoms with Crippen LogP contribution in [0.4, 0.5) is 0 Å². The number of carboxylic acid groups (broad SMARTS) is 2. The number of aliphatic carboxylic acids is 2. The van der Waals surface area contributed by atoms with Crippen LogP contribution in [0.1, 0.15) is 11.7 Å². The van der Waals surface area contributed by atoms with Gasteiger partial charge in [0.25, 0.3) is 0 Å². The summed E-state index contributed by atoms with van der Waals surface area (Å²) in [5, 5.41) is 59.7. The molecular weight excluding hydrogens is 318 g/mol. The number of nitrogens with two attached hydrogens (primary N) is 1. The number of hydrogen-bond donors (Lipinski definition) is 8. The van der Waals surface area contributed by atoms with Gasteiger partial charge in [-0.05, 0) is 17.7 Å². The van der Waals surface area contributed by atoms with E-state index < -0.39 is 30.3 Å². The minimum Gasteiger partial charge on any atom is -0.504 e. The van der Waals surface area contributed by atoms with Crippen molar-refractivity contribution in [2.24, 2.45) is 5.73 Å². The van der Waals surface area contributed by atoms with Crippen LogP contribution < -0.4 is 5.73 Å². The van der Waals surface area contributed by atoms with Crippen molar-refractivity contribution in [3.63, 3.8) is 0 Å². The minimum atomic E-state index is -2.27. The molecule has 0 aliphatic rings. The molecular formula is C12H19NO10. The van der Waals surface area contributed by atoms with Gasteiger partial charge in [0, 0.05) is 6.54 Å². The van der Waals surface area contributed by atoms with Crippen molar-refractivity contribution in [3.8, 4) is 11.5 Å². The fourth-order valence-electron chi connectivity index (χ4n) is 1.15. The zero-order chi connectivity index (χ0) is 17.4. The molecule has 0 saturated heterocycles. The number of aliphatic hydroxyl groups excluding tert-OH is 3. The minimum absolute atomic E-state index is 0. The van der Waals surface area contributed by atoms with Crippen molar-refractivity contribution in [1.82, 2.24) is 0 Å². The SMILES string of the molecule is NC[C@@H](O)c1ccc(O)c(O)c1.O.O=C(O)[C@@H](O)[C@H](O)C(=O)O. The Kier molecular flexibility index (Phi) is 10.2. The van der Waals surface area contributed by atoms with Gasteiger partial charge in [-0.25, -0.2) is 9.59 Å². The van der Waals surface area contributed by atoms with E-state index >= 15 is 0 Å². The van der Waals surface area contributed by atoms with Crippen LogP contribution in [0.5, 0.6) is 11.5 Å². The van der Waals surface area contributed by atoms with E-state index in [9.17, 15) is 14.7 Å². The van der Waals surface area contributed by atoms with Crippen molar-refractivity contribution >= 4 is 11.9 Å². The molecule has 11 heteroatoms. The maximum atomic E-state index is 9.77. The highest BCUT2D eigenvalue weighted by Gasteiger charge is 2.29. The highest BCUT2D eigenvalue weighted by molar-refractivity contribution is 5.83. The van der Waals surface area contributed by atoms with E-state index in [4.69, 9.17) is 36.4 Å². The van der Waals surface area contributed by atoms with Gasteiger partial charge >= 0.3 is 11.9 Å². The van der Waals surface area contributed by atoms with Gasteiger partial charge in [0.05, 0.1) is 6.10 Å². The standard InChI is InChI=1S/C8H11NO3.C4H6O6.H2O/c9-4-8(12)5-1-2-6(10)7(11)3-5;5-1(3(7)8)2(6)4(9)10;/h1-3,8,10-12H,4,9H2;1-2,5-6H,(H,7,8)(H,9,10);1H2/t8-;1-,2-;/m10./s1. The average molecular weight is 337 g/mol. The molecule has 3 atom stereocenters. The fourth-order valence-corrected chi connectivity index (χ4v) is 1.15. The van der Waals surface area contributed by atoms with Crippen LogP contribution in [0.3, 0.4) is 0 Å². The van der Waals surface area contributed by atoms with E-state index in [1.807, 2.05) is 0 Å². The Morgan fingerprint density at radius 1 is 0.957 bits per heavy atom. The molecule has 11 nitrogen and oxygen atoms in total. The lowest BCUT2D eigenvalue weighted by molar-refractivity contribution is -0.165. The molecule has 11 N–H and O–H groups in total. The second-order valence-corrected chi connectivity index (χ2v) is 4.07. The number of hydrogen-bond acceptors (Lipinski definition) is 8. The number of benzene rings is 1. The molecule has 0 unspecified atom stereocenters. The van der Waals surface area contributed by atoms with Crippen LogP contribution in [-0.4, -0.2) is 71.9 Å². The van der Waals surface area contributed by atoms with E-state index in [-0.39, 0.29) is 23.5 Å². The number of aromatic hydroxyl groups is 2. The Bertz CT molecular complexity index is 503. The van der Waals surface area contributed by atoms with Gasteiger partial charge in [-0.2, -0.15) is 0 Å². The number of carbonyl (C=O) groups is 2. The van der Waals surface area contributed by atoms with Crippen LogP contribution in [0.25, 0.3) is 0 Å². The molecule has 0 radical (unpaired) electrons. The fraction of sp³-hybridized carbons (Fsp3) is 0.333. The zero-order valence-electron chi connectivity index (χ0n) is 11.7. The Morgan fingerprint density at radius 2 is 1.39 bits per heavy atom. The molecule has 0 aromatic heterocycles. The number of aliphatic hydroxyl groups is 3. The van der Waals surface area contributed by atoms with Crippen molar-refractivity contribution in [3.05, 3.63) is 23.8 Å². The lowest BCUT2D eigenvalue weighted by Gasteiger charge is -2.08. The first-order valence-corrected chi connectivity index (χ1v) is 5.83. The van der Waals surface area contributed by atoms with Crippen molar-refractivity contribution in [1.29, 1.82) is 0 Å². The third kappa shape index (κ3) is 7.39. The van der Waals surface area contributed by atoms with Crippen molar-refractivity contribution in [2.75, 3.05) is 6.54 Å². The number of phenols is 2. The summed E-state index contributed by atoms with van der Waals surface area (Å²) >= 11 is 0. The second-order valence-electron chi connectivity index (χ2n) is 4.07. The maximum Gasteiger partial charge on any atom is 0.335 e. The molecule has 0 aliphatic heterocycles. The van der Waals surface area contributed by atoms with Crippen molar-refractivity contribution < 1.29 is 50.8 Å². The summed E-state index contributed by atoms with van der Waals surface area (Å²) in [6.45, 7) is 0.0875. The maximum absolute atomic E-state index is 9.77. The van der Waals surface area contributed by atoms with E-state index in [2.05, 4.69) is 0 Å². The van der Waals surface area contributed by atoms with Crippen LogP contribution in [0.15, 0.2) is 18.2 Å². The number of phenolic OH excluding ortho intramolecular Hbond substituents is 2.